The number of ether oxygens (including phenoxy) is 1. The van der Waals surface area contributed by atoms with Gasteiger partial charge in [0.2, 0.25) is 0 Å². The lowest BCUT2D eigenvalue weighted by Gasteiger charge is -2.10. The van der Waals surface area contributed by atoms with Crippen LogP contribution in [0, 0.1) is 23.7 Å². The smallest absolute Gasteiger partial charge is 0.266 e. The highest BCUT2D eigenvalue weighted by Crippen LogP contribution is 2.35. The molecule has 0 atom stereocenters. The van der Waals surface area contributed by atoms with Crippen molar-refractivity contribution in [2.45, 2.75) is 0 Å². The Morgan fingerprint density at radius 1 is 1.30 bits per heavy atom. The number of hydrogen-bond donors (Lipinski definition) is 1. The molecule has 0 aliphatic heterocycles. The van der Waals surface area contributed by atoms with Gasteiger partial charge in [-0.1, -0.05) is 46.8 Å². The number of anilines is 1. The van der Waals surface area contributed by atoms with E-state index in [2.05, 4.69) is 27.2 Å². The van der Waals surface area contributed by atoms with Crippen LogP contribution in [0.2, 0.25) is 15.1 Å². The van der Waals surface area contributed by atoms with Gasteiger partial charge in [-0.25, -0.2) is 0 Å². The van der Waals surface area contributed by atoms with Crippen LogP contribution in [0.5, 0.6) is 5.75 Å². The molecular weight excluding hydrogens is 474 g/mol. The highest BCUT2D eigenvalue weighted by atomic mass is 79.9. The molecule has 0 saturated heterocycles. The van der Waals surface area contributed by atoms with Crippen molar-refractivity contribution in [3.8, 4) is 24.2 Å². The zero-order valence-electron chi connectivity index (χ0n) is 13.5. The summed E-state index contributed by atoms with van der Waals surface area (Å²) in [7, 11) is 0. The summed E-state index contributed by atoms with van der Waals surface area (Å²) >= 11 is 21.5. The van der Waals surface area contributed by atoms with E-state index >= 15 is 0 Å². The van der Waals surface area contributed by atoms with Gasteiger partial charge in [0.05, 0.1) is 25.2 Å². The molecule has 4 nitrogen and oxygen atoms in total. The third-order valence-electron chi connectivity index (χ3n) is 3.20. The average molecular weight is 485 g/mol. The molecule has 0 spiro atoms. The van der Waals surface area contributed by atoms with E-state index in [4.69, 9.17) is 46.0 Å². The lowest BCUT2D eigenvalue weighted by molar-refractivity contribution is -0.112. The normalized spacial score (nSPS) is 10.7. The Bertz CT molecular complexity index is 984. The molecule has 136 valence electrons. The van der Waals surface area contributed by atoms with Gasteiger partial charge in [-0.3, -0.25) is 4.79 Å². The molecule has 0 radical (unpaired) electrons. The number of halogens is 4. The van der Waals surface area contributed by atoms with E-state index in [0.717, 1.165) is 0 Å². The second-order valence-corrected chi connectivity index (χ2v) is 7.08. The third-order valence-corrected chi connectivity index (χ3v) is 4.89. The largest absolute Gasteiger partial charge is 0.478 e. The first-order chi connectivity index (χ1) is 12.9. The Kier molecular flexibility index (Phi) is 7.59. The van der Waals surface area contributed by atoms with Crippen LogP contribution in [0.4, 0.5) is 5.69 Å². The monoisotopic (exact) mass is 482 g/mol. The molecule has 0 heterocycles. The van der Waals surface area contributed by atoms with E-state index < -0.39 is 5.91 Å². The zero-order valence-corrected chi connectivity index (χ0v) is 17.4. The summed E-state index contributed by atoms with van der Waals surface area (Å²) in [5.41, 5.74) is 0.669. The maximum atomic E-state index is 12.4. The highest BCUT2D eigenvalue weighted by molar-refractivity contribution is 9.10. The fourth-order valence-electron chi connectivity index (χ4n) is 2.02. The van der Waals surface area contributed by atoms with Gasteiger partial charge in [-0.05, 0) is 51.8 Å². The molecule has 0 aliphatic rings. The summed E-state index contributed by atoms with van der Waals surface area (Å²) in [6.45, 7) is 0.0553. The average Bonchev–Trinajstić information content (AvgIpc) is 2.62. The van der Waals surface area contributed by atoms with Crippen LogP contribution in [-0.2, 0) is 4.79 Å². The van der Waals surface area contributed by atoms with E-state index in [1.165, 1.54) is 6.08 Å². The van der Waals surface area contributed by atoms with Crippen molar-refractivity contribution in [3.05, 3.63) is 61.0 Å². The first kappa shape index (κ1) is 21.2. The molecule has 2 aromatic carbocycles. The summed E-state index contributed by atoms with van der Waals surface area (Å²) in [5, 5.41) is 12.6. The van der Waals surface area contributed by atoms with Crippen molar-refractivity contribution in [3.63, 3.8) is 0 Å². The standard InChI is InChI=1S/C19H10BrCl3N2O2/c1-2-6-27-18-13(20)8-11(9-15(18)22)7-12(10-24)19(26)25-16-5-3-4-14(21)17(16)23/h1,3-5,7-9H,6H2,(H,25,26)/b12-7-. The number of carbonyl (C=O) groups is 1. The van der Waals surface area contributed by atoms with E-state index in [0.29, 0.717) is 21.5 Å². The number of nitrogens with one attached hydrogen (secondary N) is 1. The van der Waals surface area contributed by atoms with Crippen LogP contribution >= 0.6 is 50.7 Å². The SMILES string of the molecule is C#CCOc1c(Cl)cc(/C=C(/C#N)C(=O)Nc2cccc(Cl)c2Cl)cc1Br. The van der Waals surface area contributed by atoms with E-state index in [9.17, 15) is 10.1 Å². The fourth-order valence-corrected chi connectivity index (χ4v) is 3.36. The Labute approximate surface area is 179 Å². The Hall–Kier alpha value is -2.15. The van der Waals surface area contributed by atoms with Gasteiger partial charge in [-0.15, -0.1) is 6.42 Å². The summed E-state index contributed by atoms with van der Waals surface area (Å²) in [6.07, 6.45) is 6.55. The van der Waals surface area contributed by atoms with Gasteiger partial charge in [-0.2, -0.15) is 5.26 Å². The van der Waals surface area contributed by atoms with Crippen molar-refractivity contribution in [2.75, 3.05) is 11.9 Å². The number of amides is 1. The number of terminal acetylenes is 1. The minimum atomic E-state index is -0.637. The van der Waals surface area contributed by atoms with Crippen molar-refractivity contribution < 1.29 is 9.53 Å². The van der Waals surface area contributed by atoms with Gasteiger partial charge in [0, 0.05) is 0 Å². The Balaban J connectivity index is 2.30. The molecule has 0 bridgehead atoms. The molecule has 0 aliphatic carbocycles. The van der Waals surface area contributed by atoms with Crippen LogP contribution in [0.3, 0.4) is 0 Å². The second kappa shape index (κ2) is 9.69. The molecule has 0 aromatic heterocycles. The quantitative estimate of drug-likeness (QED) is 0.323. The van der Waals surface area contributed by atoms with Crippen molar-refractivity contribution >= 4 is 68.4 Å². The van der Waals surface area contributed by atoms with Gasteiger partial charge in [0.1, 0.15) is 18.2 Å². The lowest BCUT2D eigenvalue weighted by Crippen LogP contribution is -2.13. The lowest BCUT2D eigenvalue weighted by atomic mass is 10.1. The van der Waals surface area contributed by atoms with E-state index in [1.54, 1.807) is 30.3 Å². The topological polar surface area (TPSA) is 62.1 Å². The fraction of sp³-hybridized carbons (Fsp3) is 0.0526. The molecule has 0 unspecified atom stereocenters. The first-order valence-corrected chi connectivity index (χ1v) is 9.22. The van der Waals surface area contributed by atoms with Crippen LogP contribution < -0.4 is 10.1 Å². The summed E-state index contributed by atoms with van der Waals surface area (Å²) in [4.78, 5) is 12.4. The van der Waals surface area contributed by atoms with Crippen molar-refractivity contribution in [1.82, 2.24) is 0 Å². The van der Waals surface area contributed by atoms with Crippen LogP contribution in [0.25, 0.3) is 6.08 Å². The van der Waals surface area contributed by atoms with Crippen molar-refractivity contribution in [1.29, 1.82) is 5.26 Å². The minimum Gasteiger partial charge on any atom is -0.478 e. The predicted octanol–water partition coefficient (Wildman–Crippen LogP) is 5.97. The molecule has 1 N–H and O–H groups in total. The Morgan fingerprint density at radius 2 is 2.04 bits per heavy atom. The first-order valence-electron chi connectivity index (χ1n) is 7.29. The number of benzene rings is 2. The molecule has 2 aromatic rings. The predicted molar refractivity (Wildman–Crippen MR) is 112 cm³/mol. The number of rotatable bonds is 5. The number of nitrogens with zero attached hydrogens (tertiary/aromatic N) is 1. The molecule has 8 heteroatoms. The maximum Gasteiger partial charge on any atom is 0.266 e. The van der Waals surface area contributed by atoms with Crippen LogP contribution in [-0.4, -0.2) is 12.5 Å². The highest BCUT2D eigenvalue weighted by Gasteiger charge is 2.14. The molecule has 1 amide bonds. The van der Waals surface area contributed by atoms with Gasteiger partial charge in [0.25, 0.3) is 5.91 Å². The summed E-state index contributed by atoms with van der Waals surface area (Å²) in [5.74, 6) is 2.08. The minimum absolute atomic E-state index is 0.0553. The maximum absolute atomic E-state index is 12.4. The second-order valence-electron chi connectivity index (χ2n) is 5.03. The third kappa shape index (κ3) is 5.42. The number of nitriles is 1. The number of hydrogen-bond acceptors (Lipinski definition) is 3. The van der Waals surface area contributed by atoms with Crippen LogP contribution in [0.15, 0.2) is 40.4 Å². The summed E-state index contributed by atoms with van der Waals surface area (Å²) < 4.78 is 5.88. The van der Waals surface area contributed by atoms with Gasteiger partial charge in [0.15, 0.2) is 5.75 Å². The number of carbonyl (C=O) groups excluding carboxylic acids is 1. The molecule has 27 heavy (non-hydrogen) atoms. The molecular formula is C19H10BrCl3N2O2. The van der Waals surface area contributed by atoms with E-state index in [-0.39, 0.29) is 27.2 Å². The van der Waals surface area contributed by atoms with E-state index in [1.807, 2.05) is 6.07 Å². The van der Waals surface area contributed by atoms with Gasteiger partial charge < -0.3 is 10.1 Å². The van der Waals surface area contributed by atoms with Gasteiger partial charge >= 0.3 is 0 Å². The molecule has 2 rings (SSSR count). The molecule has 0 saturated carbocycles. The zero-order chi connectivity index (χ0) is 20.0. The van der Waals surface area contributed by atoms with Crippen LogP contribution in [0.1, 0.15) is 5.56 Å². The molecule has 0 fully saturated rings. The summed E-state index contributed by atoms with van der Waals surface area (Å²) in [6, 6.07) is 9.84. The Morgan fingerprint density at radius 3 is 2.67 bits per heavy atom. The van der Waals surface area contributed by atoms with Crippen molar-refractivity contribution in [2.24, 2.45) is 0 Å².